The van der Waals surface area contributed by atoms with Crippen LogP contribution in [0.1, 0.15) is 5.56 Å². The Hall–Kier alpha value is -3.46. The molecule has 0 N–H and O–H groups in total. The van der Waals surface area contributed by atoms with Crippen LogP contribution in [-0.4, -0.2) is 15.5 Å². The number of benzene rings is 2. The number of ether oxygens (including phenoxy) is 1. The first-order chi connectivity index (χ1) is 11.7. The van der Waals surface area contributed by atoms with E-state index in [1.165, 1.54) is 10.9 Å². The van der Waals surface area contributed by atoms with Crippen molar-refractivity contribution in [3.05, 3.63) is 70.8 Å². The first-order valence-corrected chi connectivity index (χ1v) is 7.28. The third-order valence-electron chi connectivity index (χ3n) is 3.47. The smallest absolute Gasteiger partial charge is 0.331 e. The number of rotatable bonds is 4. The van der Waals surface area contributed by atoms with Crippen LogP contribution in [0.2, 0.25) is 0 Å². The topological polar surface area (TPSA) is 85.0 Å². The second-order valence-electron chi connectivity index (χ2n) is 5.15. The van der Waals surface area contributed by atoms with Gasteiger partial charge in [0.25, 0.3) is 5.56 Å². The Morgan fingerprint density at radius 2 is 1.92 bits per heavy atom. The summed E-state index contributed by atoms with van der Waals surface area (Å²) in [6, 6.07) is 15.7. The molecule has 6 nitrogen and oxygen atoms in total. The molecule has 6 heteroatoms. The fourth-order valence-corrected chi connectivity index (χ4v) is 2.29. The van der Waals surface area contributed by atoms with E-state index in [1.54, 1.807) is 48.5 Å². The van der Waals surface area contributed by atoms with E-state index in [9.17, 15) is 9.59 Å². The number of nitrogens with zero attached hydrogens (tertiary/aromatic N) is 3. The molecule has 0 fully saturated rings. The number of carbonyl (C=O) groups is 1. The van der Waals surface area contributed by atoms with Gasteiger partial charge in [0.15, 0.2) is 0 Å². The van der Waals surface area contributed by atoms with Crippen LogP contribution >= 0.6 is 0 Å². The highest BCUT2D eigenvalue weighted by Gasteiger charge is 2.10. The van der Waals surface area contributed by atoms with Crippen molar-refractivity contribution in [3.8, 4) is 11.8 Å². The Bertz CT molecular complexity index is 985. The zero-order chi connectivity index (χ0) is 16.9. The predicted octanol–water partition coefficient (Wildman–Crippen LogP) is 2.07. The average molecular weight is 319 g/mol. The van der Waals surface area contributed by atoms with Crippen LogP contribution in [-0.2, 0) is 17.8 Å². The van der Waals surface area contributed by atoms with Crippen molar-refractivity contribution < 1.29 is 9.53 Å². The number of para-hydroxylation sites is 1. The molecule has 0 saturated heterocycles. The minimum Gasteiger partial charge on any atom is -0.425 e. The first kappa shape index (κ1) is 15.4. The second-order valence-corrected chi connectivity index (χ2v) is 5.15. The molecular formula is C18H13N3O3. The van der Waals surface area contributed by atoms with Gasteiger partial charge < -0.3 is 4.74 Å². The van der Waals surface area contributed by atoms with E-state index >= 15 is 0 Å². The van der Waals surface area contributed by atoms with Gasteiger partial charge in [-0.25, -0.2) is 9.78 Å². The quantitative estimate of drug-likeness (QED) is 0.543. The van der Waals surface area contributed by atoms with Gasteiger partial charge in [0, 0.05) is 0 Å². The first-order valence-electron chi connectivity index (χ1n) is 7.28. The minimum atomic E-state index is -0.567. The lowest BCUT2D eigenvalue weighted by atomic mass is 10.2. The highest BCUT2D eigenvalue weighted by atomic mass is 16.5. The summed E-state index contributed by atoms with van der Waals surface area (Å²) in [5, 5.41) is 9.08. The average Bonchev–Trinajstić information content (AvgIpc) is 2.60. The molecule has 118 valence electrons. The lowest BCUT2D eigenvalue weighted by Gasteiger charge is -2.07. The number of esters is 1. The number of aromatic nitrogens is 2. The largest absolute Gasteiger partial charge is 0.425 e. The van der Waals surface area contributed by atoms with Gasteiger partial charge in [0.05, 0.1) is 29.7 Å². The summed E-state index contributed by atoms with van der Waals surface area (Å²) < 4.78 is 6.43. The number of hydrogen-bond donors (Lipinski definition) is 0. The molecule has 0 unspecified atom stereocenters. The molecule has 24 heavy (non-hydrogen) atoms. The molecule has 0 aliphatic rings. The Balaban J connectivity index is 1.74. The van der Waals surface area contributed by atoms with Gasteiger partial charge in [-0.2, -0.15) is 5.26 Å². The van der Waals surface area contributed by atoms with E-state index in [0.29, 0.717) is 23.1 Å². The monoisotopic (exact) mass is 319 g/mol. The maximum Gasteiger partial charge on any atom is 0.331 e. The second kappa shape index (κ2) is 6.75. The van der Waals surface area contributed by atoms with Gasteiger partial charge in [-0.1, -0.05) is 24.3 Å². The van der Waals surface area contributed by atoms with Crippen LogP contribution in [0.25, 0.3) is 10.9 Å². The van der Waals surface area contributed by atoms with Crippen molar-refractivity contribution in [2.24, 2.45) is 0 Å². The molecule has 0 amide bonds. The molecule has 0 spiro atoms. The fraction of sp³-hybridized carbons (Fsp3) is 0.111. The van der Waals surface area contributed by atoms with E-state index in [2.05, 4.69) is 4.98 Å². The highest BCUT2D eigenvalue weighted by molar-refractivity contribution is 5.77. The van der Waals surface area contributed by atoms with Crippen LogP contribution in [0, 0.1) is 11.3 Å². The summed E-state index contributed by atoms with van der Waals surface area (Å²) in [7, 11) is 0. The molecule has 0 aliphatic heterocycles. The van der Waals surface area contributed by atoms with E-state index in [4.69, 9.17) is 10.00 Å². The summed E-state index contributed by atoms with van der Waals surface area (Å²) in [6.45, 7) is -0.226. The van der Waals surface area contributed by atoms with E-state index in [0.717, 1.165) is 5.56 Å². The maximum absolute atomic E-state index is 12.3. The Morgan fingerprint density at radius 3 is 2.67 bits per heavy atom. The molecule has 0 bridgehead atoms. The maximum atomic E-state index is 12.3. The van der Waals surface area contributed by atoms with Gasteiger partial charge in [-0.05, 0) is 29.8 Å². The summed E-state index contributed by atoms with van der Waals surface area (Å²) in [6.07, 6.45) is 1.63. The lowest BCUT2D eigenvalue weighted by molar-refractivity contribution is -0.135. The van der Waals surface area contributed by atoms with E-state index in [1.807, 2.05) is 6.07 Å². The molecule has 0 atom stereocenters. The van der Waals surface area contributed by atoms with Crippen LogP contribution in [0.4, 0.5) is 0 Å². The van der Waals surface area contributed by atoms with Crippen molar-refractivity contribution in [3.63, 3.8) is 0 Å². The lowest BCUT2D eigenvalue weighted by Crippen LogP contribution is -2.26. The van der Waals surface area contributed by atoms with Gasteiger partial charge in [-0.15, -0.1) is 0 Å². The summed E-state index contributed by atoms with van der Waals surface area (Å²) in [5.41, 5.74) is 1.13. The van der Waals surface area contributed by atoms with E-state index in [-0.39, 0.29) is 12.1 Å². The van der Waals surface area contributed by atoms with Crippen LogP contribution in [0.15, 0.2) is 59.7 Å². The molecule has 2 aromatic carbocycles. The zero-order valence-corrected chi connectivity index (χ0v) is 12.7. The van der Waals surface area contributed by atoms with Gasteiger partial charge in [0.1, 0.15) is 12.3 Å². The Labute approximate surface area is 137 Å². The molecular weight excluding hydrogens is 306 g/mol. The van der Waals surface area contributed by atoms with Gasteiger partial charge >= 0.3 is 5.97 Å². The summed E-state index contributed by atoms with van der Waals surface area (Å²) in [4.78, 5) is 28.5. The summed E-state index contributed by atoms with van der Waals surface area (Å²) >= 11 is 0. The number of carbonyl (C=O) groups excluding carboxylic acids is 1. The SMILES string of the molecule is N#CCc1ccc(OC(=O)Cn2cnc3ccccc3c2=O)cc1. The molecule has 0 saturated carbocycles. The third-order valence-corrected chi connectivity index (χ3v) is 3.47. The predicted molar refractivity (Wildman–Crippen MR) is 87.4 cm³/mol. The van der Waals surface area contributed by atoms with Crippen molar-refractivity contribution in [2.75, 3.05) is 0 Å². The standard InChI is InChI=1S/C18H13N3O3/c19-10-9-13-5-7-14(8-6-13)24-17(22)11-21-12-20-16-4-2-1-3-15(16)18(21)23/h1-8,12H,9,11H2. The van der Waals surface area contributed by atoms with Crippen LogP contribution in [0.3, 0.4) is 0 Å². The van der Waals surface area contributed by atoms with Gasteiger partial charge in [-0.3, -0.25) is 9.36 Å². The van der Waals surface area contributed by atoms with Crippen LogP contribution < -0.4 is 10.3 Å². The highest BCUT2D eigenvalue weighted by Crippen LogP contribution is 2.13. The molecule has 0 radical (unpaired) electrons. The summed E-state index contributed by atoms with van der Waals surface area (Å²) in [5.74, 6) is -0.203. The Kier molecular flexibility index (Phi) is 4.34. The number of nitriles is 1. The molecule has 3 aromatic rings. The number of hydrogen-bond acceptors (Lipinski definition) is 5. The normalized spacial score (nSPS) is 10.3. The third kappa shape index (κ3) is 3.31. The molecule has 1 aromatic heterocycles. The zero-order valence-electron chi connectivity index (χ0n) is 12.7. The van der Waals surface area contributed by atoms with Crippen molar-refractivity contribution in [1.82, 2.24) is 9.55 Å². The number of fused-ring (bicyclic) bond motifs is 1. The van der Waals surface area contributed by atoms with Gasteiger partial charge in [0.2, 0.25) is 0 Å². The molecule has 1 heterocycles. The van der Waals surface area contributed by atoms with Crippen molar-refractivity contribution >= 4 is 16.9 Å². The van der Waals surface area contributed by atoms with Crippen molar-refractivity contribution in [1.29, 1.82) is 5.26 Å². The van der Waals surface area contributed by atoms with Crippen LogP contribution in [0.5, 0.6) is 5.75 Å². The Morgan fingerprint density at radius 1 is 1.17 bits per heavy atom. The minimum absolute atomic E-state index is 0.226. The van der Waals surface area contributed by atoms with E-state index < -0.39 is 5.97 Å². The van der Waals surface area contributed by atoms with Crippen molar-refractivity contribution in [2.45, 2.75) is 13.0 Å². The fourth-order valence-electron chi connectivity index (χ4n) is 2.29. The molecule has 3 rings (SSSR count). The molecule has 0 aliphatic carbocycles.